The second kappa shape index (κ2) is 6.01. The molecular weight excluding hydrogens is 414 g/mol. The number of hydrogen-bond acceptors (Lipinski definition) is 3. The quantitative estimate of drug-likeness (QED) is 0.700. The molecule has 2 bridgehead atoms. The van der Waals surface area contributed by atoms with Crippen LogP contribution in [-0.2, 0) is 16.2 Å². The van der Waals surface area contributed by atoms with Gasteiger partial charge in [-0.2, -0.15) is 26.3 Å². The third kappa shape index (κ3) is 3.42. The number of hydrogen-bond donors (Lipinski definition) is 2. The van der Waals surface area contributed by atoms with Gasteiger partial charge in [0, 0.05) is 5.54 Å². The zero-order valence-corrected chi connectivity index (χ0v) is 15.3. The summed E-state index contributed by atoms with van der Waals surface area (Å²) in [5.41, 5.74) is -5.01. The van der Waals surface area contributed by atoms with Crippen molar-refractivity contribution in [3.63, 3.8) is 0 Å². The van der Waals surface area contributed by atoms with Crippen LogP contribution in [0.15, 0.2) is 18.2 Å². The lowest BCUT2D eigenvalue weighted by atomic mass is 9.39. The minimum absolute atomic E-state index is 0.300. The van der Waals surface area contributed by atoms with Crippen LogP contribution in [0.2, 0.25) is 0 Å². The molecule has 3 saturated carbocycles. The summed E-state index contributed by atoms with van der Waals surface area (Å²) in [6.45, 7) is 1.26. The fourth-order valence-electron chi connectivity index (χ4n) is 3.77. The maximum Gasteiger partial charge on any atom is 0.416 e. The average molecular weight is 430 g/mol. The van der Waals surface area contributed by atoms with E-state index in [4.69, 9.17) is 0 Å². The molecule has 3 aliphatic rings. The highest BCUT2D eigenvalue weighted by Crippen LogP contribution is 2.73. The summed E-state index contributed by atoms with van der Waals surface area (Å²) < 4.78 is 103. The molecule has 0 unspecified atom stereocenters. The summed E-state index contributed by atoms with van der Waals surface area (Å²) in [5, 5.41) is 2.42. The summed E-state index contributed by atoms with van der Waals surface area (Å²) in [7, 11) is -3.99. The number of anilines is 1. The van der Waals surface area contributed by atoms with Crippen LogP contribution >= 0.6 is 0 Å². The Morgan fingerprint density at radius 2 is 1.68 bits per heavy atom. The van der Waals surface area contributed by atoms with E-state index >= 15 is 0 Å². The number of carbonyl (C=O) groups is 1. The van der Waals surface area contributed by atoms with E-state index < -0.39 is 61.8 Å². The van der Waals surface area contributed by atoms with Gasteiger partial charge in [0.25, 0.3) is 5.91 Å². The Bertz CT molecular complexity index is 904. The number of sulfonamides is 1. The van der Waals surface area contributed by atoms with Gasteiger partial charge in [0.05, 0.1) is 28.0 Å². The minimum Gasteiger partial charge on any atom is -0.346 e. The molecule has 3 aliphatic carbocycles. The first-order valence-electron chi connectivity index (χ1n) is 8.23. The number of carbonyl (C=O) groups excluding carboxylic acids is 1. The normalized spacial score (nSPS) is 26.8. The van der Waals surface area contributed by atoms with Gasteiger partial charge in [0.1, 0.15) is 0 Å². The third-order valence-corrected chi connectivity index (χ3v) is 6.54. The summed E-state index contributed by atoms with van der Waals surface area (Å²) in [5.74, 6) is -1.37. The molecule has 0 radical (unpaired) electrons. The van der Waals surface area contributed by atoms with Crippen LogP contribution in [0.3, 0.4) is 0 Å². The van der Waals surface area contributed by atoms with Crippen molar-refractivity contribution < 1.29 is 39.6 Å². The molecule has 0 aromatic heterocycles. The van der Waals surface area contributed by atoms with Gasteiger partial charge < -0.3 is 5.32 Å². The van der Waals surface area contributed by atoms with Crippen LogP contribution in [-0.4, -0.2) is 31.8 Å². The van der Waals surface area contributed by atoms with E-state index in [0.29, 0.717) is 12.1 Å². The second-order valence-corrected chi connectivity index (χ2v) is 9.32. The number of rotatable bonds is 5. The van der Waals surface area contributed by atoms with Crippen molar-refractivity contribution in [3.05, 3.63) is 29.3 Å². The molecule has 3 fully saturated rings. The standard InChI is InChI=1S/C16H16F6N2O3S/c1-2-28(26,27)24-11-5-9(15(17,18)19)3-4-10(11)12(25)23-14-6-13(7-14,8-14)16(20,21)22/h3-5,24H,2,6-8H2,1H3,(H,23,25). The Labute approximate surface area is 156 Å². The van der Waals surface area contributed by atoms with Crippen LogP contribution in [0, 0.1) is 5.41 Å². The van der Waals surface area contributed by atoms with Gasteiger partial charge in [-0.05, 0) is 44.4 Å². The van der Waals surface area contributed by atoms with E-state index in [2.05, 4.69) is 5.32 Å². The Morgan fingerprint density at radius 3 is 2.14 bits per heavy atom. The predicted molar refractivity (Wildman–Crippen MR) is 87.1 cm³/mol. The molecule has 0 heterocycles. The number of nitrogens with one attached hydrogen (secondary N) is 2. The molecule has 5 nitrogen and oxygen atoms in total. The molecule has 12 heteroatoms. The number of benzene rings is 1. The molecule has 1 aromatic carbocycles. The molecule has 0 aliphatic heterocycles. The summed E-state index contributed by atoms with van der Waals surface area (Å²) in [6.07, 6.45) is -10.0. The zero-order chi connectivity index (χ0) is 21.2. The van der Waals surface area contributed by atoms with Gasteiger partial charge in [-0.1, -0.05) is 0 Å². The number of halogens is 6. The van der Waals surface area contributed by atoms with E-state index in [0.717, 1.165) is 6.07 Å². The van der Waals surface area contributed by atoms with E-state index in [1.807, 2.05) is 4.72 Å². The van der Waals surface area contributed by atoms with E-state index in [9.17, 15) is 39.6 Å². The van der Waals surface area contributed by atoms with Gasteiger partial charge in [-0.25, -0.2) is 8.42 Å². The van der Waals surface area contributed by atoms with Crippen LogP contribution in [0.4, 0.5) is 32.0 Å². The highest BCUT2D eigenvalue weighted by atomic mass is 32.2. The smallest absolute Gasteiger partial charge is 0.346 e. The second-order valence-electron chi connectivity index (χ2n) is 7.31. The SMILES string of the molecule is CCS(=O)(=O)Nc1cc(C(F)(F)F)ccc1C(=O)NC12CC(C(F)(F)F)(C1)C2. The molecule has 0 saturated heterocycles. The third-order valence-electron chi connectivity index (χ3n) is 5.25. The van der Waals surface area contributed by atoms with Crippen molar-refractivity contribution in [2.24, 2.45) is 5.41 Å². The van der Waals surface area contributed by atoms with Crippen molar-refractivity contribution in [1.29, 1.82) is 0 Å². The van der Waals surface area contributed by atoms with E-state index in [1.165, 1.54) is 6.92 Å². The van der Waals surface area contributed by atoms with Crippen LogP contribution < -0.4 is 10.0 Å². The first-order chi connectivity index (χ1) is 12.6. The van der Waals surface area contributed by atoms with Crippen molar-refractivity contribution >= 4 is 21.6 Å². The predicted octanol–water partition coefficient (Wildman–Crippen LogP) is 3.68. The van der Waals surface area contributed by atoms with Crippen molar-refractivity contribution in [2.45, 2.75) is 44.1 Å². The average Bonchev–Trinajstić information content (AvgIpc) is 2.46. The largest absolute Gasteiger partial charge is 0.416 e. The van der Waals surface area contributed by atoms with Crippen LogP contribution in [0.1, 0.15) is 42.1 Å². The minimum atomic E-state index is -4.77. The first-order valence-corrected chi connectivity index (χ1v) is 9.88. The van der Waals surface area contributed by atoms with Crippen molar-refractivity contribution in [2.75, 3.05) is 10.5 Å². The molecule has 1 amide bonds. The fourth-order valence-corrected chi connectivity index (χ4v) is 4.42. The van der Waals surface area contributed by atoms with Crippen LogP contribution in [0.25, 0.3) is 0 Å². The van der Waals surface area contributed by atoms with Gasteiger partial charge in [0.2, 0.25) is 10.0 Å². The summed E-state index contributed by atoms with van der Waals surface area (Å²) in [6, 6.07) is 1.90. The summed E-state index contributed by atoms with van der Waals surface area (Å²) in [4.78, 5) is 12.5. The van der Waals surface area contributed by atoms with E-state index in [-0.39, 0.29) is 19.3 Å². The monoisotopic (exact) mass is 430 g/mol. The molecule has 156 valence electrons. The molecule has 2 N–H and O–H groups in total. The summed E-state index contributed by atoms with van der Waals surface area (Å²) >= 11 is 0. The zero-order valence-electron chi connectivity index (χ0n) is 14.5. The molecule has 28 heavy (non-hydrogen) atoms. The molecule has 0 atom stereocenters. The highest BCUT2D eigenvalue weighted by molar-refractivity contribution is 7.92. The van der Waals surface area contributed by atoms with Gasteiger partial charge in [0.15, 0.2) is 0 Å². The highest BCUT2D eigenvalue weighted by Gasteiger charge is 2.79. The molecule has 1 aromatic rings. The lowest BCUT2D eigenvalue weighted by Gasteiger charge is -2.70. The lowest BCUT2D eigenvalue weighted by Crippen LogP contribution is -2.78. The van der Waals surface area contributed by atoms with Crippen molar-refractivity contribution in [3.8, 4) is 0 Å². The number of amides is 1. The Hall–Kier alpha value is -1.98. The topological polar surface area (TPSA) is 75.3 Å². The van der Waals surface area contributed by atoms with Gasteiger partial charge >= 0.3 is 12.4 Å². The lowest BCUT2D eigenvalue weighted by molar-refractivity contribution is -0.336. The maximum absolute atomic E-state index is 12.9. The first kappa shape index (κ1) is 20.7. The molecular formula is C16H16F6N2O3S. The Balaban J connectivity index is 1.84. The van der Waals surface area contributed by atoms with Crippen molar-refractivity contribution in [1.82, 2.24) is 5.32 Å². The molecule has 4 rings (SSSR count). The van der Waals surface area contributed by atoms with Crippen LogP contribution in [0.5, 0.6) is 0 Å². The Kier molecular flexibility index (Phi) is 4.45. The molecule has 0 spiro atoms. The maximum atomic E-state index is 12.9. The fraction of sp³-hybridized carbons (Fsp3) is 0.562. The number of alkyl halides is 6. The van der Waals surface area contributed by atoms with Gasteiger partial charge in [-0.3, -0.25) is 9.52 Å². The van der Waals surface area contributed by atoms with Gasteiger partial charge in [-0.15, -0.1) is 0 Å². The Morgan fingerprint density at radius 1 is 1.11 bits per heavy atom. The van der Waals surface area contributed by atoms with E-state index in [1.54, 1.807) is 0 Å².